The van der Waals surface area contributed by atoms with E-state index >= 15 is 0 Å². The highest BCUT2D eigenvalue weighted by atomic mass is 35.5. The fourth-order valence-corrected chi connectivity index (χ4v) is 2.09. The van der Waals surface area contributed by atoms with Crippen molar-refractivity contribution < 1.29 is 0 Å². The molecular weight excluding hydrogens is 236 g/mol. The number of aromatic nitrogens is 3. The van der Waals surface area contributed by atoms with E-state index < -0.39 is 0 Å². The third kappa shape index (κ3) is 2.48. The number of rotatable bonds is 3. The van der Waals surface area contributed by atoms with Crippen molar-refractivity contribution >= 4 is 11.6 Å². The van der Waals surface area contributed by atoms with Crippen molar-refractivity contribution in [3.63, 3.8) is 0 Å². The highest BCUT2D eigenvalue weighted by Gasteiger charge is 2.15. The Labute approximate surface area is 105 Å². The molecular formula is C12H15ClN4. The zero-order valence-electron chi connectivity index (χ0n) is 9.89. The maximum absolute atomic E-state index is 6.17. The van der Waals surface area contributed by atoms with Gasteiger partial charge in [0.1, 0.15) is 5.15 Å². The van der Waals surface area contributed by atoms with Gasteiger partial charge in [0.25, 0.3) is 0 Å². The summed E-state index contributed by atoms with van der Waals surface area (Å²) in [6.07, 6.45) is 4.19. The molecule has 2 aromatic rings. The largest absolute Gasteiger partial charge is 0.324 e. The van der Waals surface area contributed by atoms with Gasteiger partial charge in [0.05, 0.1) is 5.69 Å². The normalized spacial score (nSPS) is 12.7. The van der Waals surface area contributed by atoms with Gasteiger partial charge in [-0.25, -0.2) is 0 Å². The third-order valence-electron chi connectivity index (χ3n) is 2.81. The Hall–Kier alpha value is -1.39. The summed E-state index contributed by atoms with van der Waals surface area (Å²) in [5.74, 6) is 0. The number of hydrogen-bond donors (Lipinski definition) is 1. The van der Waals surface area contributed by atoms with Crippen molar-refractivity contribution in [1.29, 1.82) is 0 Å². The molecule has 0 radical (unpaired) electrons. The molecule has 5 heteroatoms. The summed E-state index contributed by atoms with van der Waals surface area (Å²) < 4.78 is 1.67. The lowest BCUT2D eigenvalue weighted by molar-refractivity contribution is 0.714. The van der Waals surface area contributed by atoms with E-state index in [9.17, 15) is 0 Å². The molecule has 0 aliphatic carbocycles. The molecule has 1 atom stereocenters. The topological polar surface area (TPSA) is 56.7 Å². The molecule has 4 nitrogen and oxygen atoms in total. The molecule has 2 N–H and O–H groups in total. The number of aryl methyl sites for hydroxylation is 2. The number of nitrogens with two attached hydrogens (primary N) is 1. The van der Waals surface area contributed by atoms with Gasteiger partial charge in [-0.3, -0.25) is 9.67 Å². The minimum atomic E-state index is -0.107. The van der Waals surface area contributed by atoms with Crippen LogP contribution in [0.15, 0.2) is 24.5 Å². The van der Waals surface area contributed by atoms with E-state index in [0.29, 0.717) is 11.6 Å². The maximum Gasteiger partial charge on any atom is 0.130 e. The van der Waals surface area contributed by atoms with E-state index in [4.69, 9.17) is 17.3 Å². The molecule has 0 saturated carbocycles. The number of pyridine rings is 1. The minimum Gasteiger partial charge on any atom is -0.324 e. The lowest BCUT2D eigenvalue weighted by atomic mass is 10.0. The molecule has 0 spiro atoms. The van der Waals surface area contributed by atoms with Crippen molar-refractivity contribution in [2.45, 2.75) is 19.4 Å². The fourth-order valence-electron chi connectivity index (χ4n) is 1.84. The first-order chi connectivity index (χ1) is 8.09. The van der Waals surface area contributed by atoms with Gasteiger partial charge < -0.3 is 5.73 Å². The average Bonchev–Trinajstić information content (AvgIpc) is 2.57. The van der Waals surface area contributed by atoms with Gasteiger partial charge in [0.2, 0.25) is 0 Å². The second-order valence-electron chi connectivity index (χ2n) is 4.08. The van der Waals surface area contributed by atoms with E-state index in [0.717, 1.165) is 16.8 Å². The van der Waals surface area contributed by atoms with Crippen LogP contribution in [-0.4, -0.2) is 14.8 Å². The molecule has 0 aliphatic rings. The Morgan fingerprint density at radius 2 is 2.29 bits per heavy atom. The monoisotopic (exact) mass is 250 g/mol. The molecule has 0 bridgehead atoms. The summed E-state index contributed by atoms with van der Waals surface area (Å²) >= 11 is 6.17. The lowest BCUT2D eigenvalue weighted by Crippen LogP contribution is -2.14. The first-order valence-electron chi connectivity index (χ1n) is 5.43. The number of nitrogens with zero attached hydrogens (tertiary/aromatic N) is 3. The zero-order chi connectivity index (χ0) is 12.4. The Morgan fingerprint density at radius 3 is 2.82 bits per heavy atom. The molecule has 90 valence electrons. The van der Waals surface area contributed by atoms with Gasteiger partial charge in [-0.15, -0.1) is 0 Å². The van der Waals surface area contributed by atoms with Crippen LogP contribution in [0.25, 0.3) is 0 Å². The molecule has 2 aromatic heterocycles. The van der Waals surface area contributed by atoms with Crippen LogP contribution in [0.3, 0.4) is 0 Å². The molecule has 2 heterocycles. The molecule has 0 aliphatic heterocycles. The van der Waals surface area contributed by atoms with Gasteiger partial charge in [0.15, 0.2) is 0 Å². The van der Waals surface area contributed by atoms with Crippen LogP contribution in [0.5, 0.6) is 0 Å². The van der Waals surface area contributed by atoms with Crippen LogP contribution >= 0.6 is 11.6 Å². The van der Waals surface area contributed by atoms with Crippen LogP contribution in [0.4, 0.5) is 0 Å². The number of halogens is 1. The Bertz CT molecular complexity index is 507. The number of hydrogen-bond acceptors (Lipinski definition) is 3. The highest BCUT2D eigenvalue weighted by molar-refractivity contribution is 6.30. The van der Waals surface area contributed by atoms with Gasteiger partial charge >= 0.3 is 0 Å². The summed E-state index contributed by atoms with van der Waals surface area (Å²) in [5.41, 5.74) is 9.08. The van der Waals surface area contributed by atoms with Gasteiger partial charge in [-0.1, -0.05) is 17.7 Å². The highest BCUT2D eigenvalue weighted by Crippen LogP contribution is 2.24. The molecule has 0 aromatic carbocycles. The van der Waals surface area contributed by atoms with Gasteiger partial charge in [-0.2, -0.15) is 5.10 Å². The predicted octanol–water partition coefficient (Wildman–Crippen LogP) is 2.02. The standard InChI is InChI=1S/C12H15ClN4/c1-8-10(12(13)17(2)16-8)6-11(14)9-4-3-5-15-7-9/h3-5,7,11H,6,14H2,1-2H3. The molecule has 0 saturated heterocycles. The fraction of sp³-hybridized carbons (Fsp3) is 0.333. The molecule has 2 rings (SSSR count). The molecule has 0 amide bonds. The predicted molar refractivity (Wildman–Crippen MR) is 67.8 cm³/mol. The Kier molecular flexibility index (Phi) is 3.45. The summed E-state index contributed by atoms with van der Waals surface area (Å²) in [7, 11) is 1.83. The van der Waals surface area contributed by atoms with E-state index in [1.54, 1.807) is 17.1 Å². The van der Waals surface area contributed by atoms with Crippen molar-refractivity contribution in [2.75, 3.05) is 0 Å². The second kappa shape index (κ2) is 4.85. The SMILES string of the molecule is Cc1nn(C)c(Cl)c1CC(N)c1cccnc1. The van der Waals surface area contributed by atoms with Crippen LogP contribution in [0, 0.1) is 6.92 Å². The Morgan fingerprint density at radius 1 is 1.53 bits per heavy atom. The summed E-state index contributed by atoms with van der Waals surface area (Å²) in [4.78, 5) is 4.06. The maximum atomic E-state index is 6.17. The van der Waals surface area contributed by atoms with E-state index in [2.05, 4.69) is 10.1 Å². The summed E-state index contributed by atoms with van der Waals surface area (Å²) in [6.45, 7) is 1.94. The van der Waals surface area contributed by atoms with Crippen molar-refractivity contribution in [2.24, 2.45) is 12.8 Å². The van der Waals surface area contributed by atoms with Crippen LogP contribution in [0.2, 0.25) is 5.15 Å². The van der Waals surface area contributed by atoms with Crippen molar-refractivity contribution in [3.05, 3.63) is 46.5 Å². The molecule has 1 unspecified atom stereocenters. The van der Waals surface area contributed by atoms with Crippen LogP contribution < -0.4 is 5.73 Å². The van der Waals surface area contributed by atoms with E-state index in [1.165, 1.54) is 0 Å². The summed E-state index contributed by atoms with van der Waals surface area (Å²) in [5, 5.41) is 4.93. The quantitative estimate of drug-likeness (QED) is 0.907. The molecule has 17 heavy (non-hydrogen) atoms. The first kappa shape index (κ1) is 12.1. The van der Waals surface area contributed by atoms with Crippen LogP contribution in [0.1, 0.15) is 22.9 Å². The second-order valence-corrected chi connectivity index (χ2v) is 4.43. The molecule has 0 fully saturated rings. The van der Waals surface area contributed by atoms with E-state index in [-0.39, 0.29) is 6.04 Å². The van der Waals surface area contributed by atoms with E-state index in [1.807, 2.05) is 26.1 Å². The third-order valence-corrected chi connectivity index (χ3v) is 3.28. The van der Waals surface area contributed by atoms with Gasteiger partial charge in [0, 0.05) is 31.0 Å². The first-order valence-corrected chi connectivity index (χ1v) is 5.81. The summed E-state index contributed by atoms with van der Waals surface area (Å²) in [6, 6.07) is 3.74. The smallest absolute Gasteiger partial charge is 0.130 e. The van der Waals surface area contributed by atoms with Crippen molar-refractivity contribution in [3.8, 4) is 0 Å². The zero-order valence-corrected chi connectivity index (χ0v) is 10.6. The average molecular weight is 251 g/mol. The Balaban J connectivity index is 2.22. The van der Waals surface area contributed by atoms with Gasteiger partial charge in [-0.05, 0) is 25.0 Å². The lowest BCUT2D eigenvalue weighted by Gasteiger charge is -2.11. The van der Waals surface area contributed by atoms with Crippen molar-refractivity contribution in [1.82, 2.24) is 14.8 Å². The minimum absolute atomic E-state index is 0.107. The van der Waals surface area contributed by atoms with Crippen LogP contribution in [-0.2, 0) is 13.5 Å².